The number of hydrogen-bond donors (Lipinski definition) is 1. The van der Waals surface area contributed by atoms with Gasteiger partial charge >= 0.3 is 0 Å². The zero-order chi connectivity index (χ0) is 12.8. The lowest BCUT2D eigenvalue weighted by Gasteiger charge is -2.22. The minimum atomic E-state index is 0.554. The molecule has 0 bridgehead atoms. The summed E-state index contributed by atoms with van der Waals surface area (Å²) in [4.78, 5) is 8.68. The second-order valence-electron chi connectivity index (χ2n) is 4.57. The first-order chi connectivity index (χ1) is 8.78. The van der Waals surface area contributed by atoms with E-state index in [1.807, 2.05) is 19.9 Å². The van der Waals surface area contributed by atoms with Gasteiger partial charge in [0.1, 0.15) is 0 Å². The van der Waals surface area contributed by atoms with Crippen molar-refractivity contribution in [1.29, 1.82) is 0 Å². The van der Waals surface area contributed by atoms with Crippen LogP contribution in [0.1, 0.15) is 25.5 Å². The van der Waals surface area contributed by atoms with E-state index in [9.17, 15) is 0 Å². The number of nitrogens with one attached hydrogen (secondary N) is 1. The molecule has 0 radical (unpaired) electrons. The van der Waals surface area contributed by atoms with E-state index in [1.165, 1.54) is 6.42 Å². The lowest BCUT2D eigenvalue weighted by molar-refractivity contribution is 0.0594. The van der Waals surface area contributed by atoms with Crippen molar-refractivity contribution in [2.24, 2.45) is 5.92 Å². The molecule has 18 heavy (non-hydrogen) atoms. The van der Waals surface area contributed by atoms with Gasteiger partial charge in [0.25, 0.3) is 0 Å². The van der Waals surface area contributed by atoms with Gasteiger partial charge in [-0.2, -0.15) is 4.98 Å². The first kappa shape index (κ1) is 13.1. The van der Waals surface area contributed by atoms with Crippen molar-refractivity contribution in [3.05, 3.63) is 11.8 Å². The van der Waals surface area contributed by atoms with Crippen LogP contribution >= 0.6 is 0 Å². The molecule has 2 rings (SSSR count). The van der Waals surface area contributed by atoms with Crippen LogP contribution in [0.4, 0.5) is 5.95 Å². The van der Waals surface area contributed by atoms with Crippen molar-refractivity contribution in [3.63, 3.8) is 0 Å². The van der Waals surface area contributed by atoms with Crippen LogP contribution in [-0.4, -0.2) is 36.3 Å². The molecule has 5 heteroatoms. The van der Waals surface area contributed by atoms with Crippen molar-refractivity contribution in [3.8, 4) is 5.88 Å². The second-order valence-corrected chi connectivity index (χ2v) is 4.57. The smallest absolute Gasteiger partial charge is 0.226 e. The maximum Gasteiger partial charge on any atom is 0.226 e. The monoisotopic (exact) mass is 251 g/mol. The van der Waals surface area contributed by atoms with Gasteiger partial charge < -0.3 is 14.8 Å². The summed E-state index contributed by atoms with van der Waals surface area (Å²) >= 11 is 0. The van der Waals surface area contributed by atoms with Gasteiger partial charge in [0.15, 0.2) is 0 Å². The van der Waals surface area contributed by atoms with Gasteiger partial charge in [0.05, 0.1) is 13.2 Å². The molecular weight excluding hydrogens is 230 g/mol. The van der Waals surface area contributed by atoms with E-state index in [2.05, 4.69) is 15.3 Å². The summed E-state index contributed by atoms with van der Waals surface area (Å²) < 4.78 is 10.9. The minimum absolute atomic E-state index is 0.554. The highest BCUT2D eigenvalue weighted by molar-refractivity contribution is 5.30. The van der Waals surface area contributed by atoms with Crippen molar-refractivity contribution >= 4 is 5.95 Å². The average Bonchev–Trinajstić information content (AvgIpc) is 2.37. The van der Waals surface area contributed by atoms with Crippen LogP contribution in [0, 0.1) is 12.8 Å². The van der Waals surface area contributed by atoms with E-state index < -0.39 is 0 Å². The van der Waals surface area contributed by atoms with Gasteiger partial charge in [0, 0.05) is 24.9 Å². The molecule has 0 saturated carbocycles. The Bertz CT molecular complexity index is 378. The molecule has 1 unspecified atom stereocenters. The molecule has 1 aromatic heterocycles. The fourth-order valence-electron chi connectivity index (χ4n) is 2.04. The summed E-state index contributed by atoms with van der Waals surface area (Å²) in [5.41, 5.74) is 0.913. The summed E-state index contributed by atoms with van der Waals surface area (Å²) in [5, 5.41) is 3.27. The molecule has 1 aliphatic rings. The van der Waals surface area contributed by atoms with Gasteiger partial charge in [-0.25, -0.2) is 4.98 Å². The normalized spacial score (nSPS) is 19.6. The molecule has 0 aromatic carbocycles. The molecule has 1 atom stereocenters. The molecule has 1 N–H and O–H groups in total. The van der Waals surface area contributed by atoms with E-state index in [4.69, 9.17) is 9.47 Å². The number of nitrogens with zero attached hydrogens (tertiary/aromatic N) is 2. The van der Waals surface area contributed by atoms with Gasteiger partial charge in [-0.05, 0) is 32.6 Å². The molecule has 0 aliphatic carbocycles. The number of rotatable bonds is 5. The second kappa shape index (κ2) is 6.54. The predicted octanol–water partition coefficient (Wildman–Crippen LogP) is 2.02. The van der Waals surface area contributed by atoms with Crippen LogP contribution in [0.25, 0.3) is 0 Å². The van der Waals surface area contributed by atoms with E-state index in [1.54, 1.807) is 0 Å². The summed E-state index contributed by atoms with van der Waals surface area (Å²) in [6.07, 6.45) is 2.35. The van der Waals surface area contributed by atoms with E-state index in [0.717, 1.165) is 31.9 Å². The summed E-state index contributed by atoms with van der Waals surface area (Å²) in [5.74, 6) is 1.83. The molecular formula is C13H21N3O2. The summed E-state index contributed by atoms with van der Waals surface area (Å²) in [7, 11) is 0. The zero-order valence-electron chi connectivity index (χ0n) is 11.1. The van der Waals surface area contributed by atoms with Crippen LogP contribution in [-0.2, 0) is 4.74 Å². The number of aryl methyl sites for hydroxylation is 1. The molecule has 0 spiro atoms. The maximum absolute atomic E-state index is 5.45. The highest BCUT2D eigenvalue weighted by atomic mass is 16.5. The minimum Gasteiger partial charge on any atom is -0.478 e. The lowest BCUT2D eigenvalue weighted by atomic mass is 10.0. The fraction of sp³-hybridized carbons (Fsp3) is 0.692. The van der Waals surface area contributed by atoms with E-state index >= 15 is 0 Å². The van der Waals surface area contributed by atoms with Gasteiger partial charge in [-0.3, -0.25) is 0 Å². The first-order valence-corrected chi connectivity index (χ1v) is 6.58. The summed E-state index contributed by atoms with van der Waals surface area (Å²) in [6, 6.07) is 1.85. The Labute approximate surface area is 108 Å². The van der Waals surface area contributed by atoms with Crippen molar-refractivity contribution in [2.45, 2.75) is 26.7 Å². The molecule has 0 amide bonds. The van der Waals surface area contributed by atoms with Crippen LogP contribution in [0.2, 0.25) is 0 Å². The third-order valence-electron chi connectivity index (χ3n) is 2.93. The topological polar surface area (TPSA) is 56.3 Å². The molecule has 1 saturated heterocycles. The van der Waals surface area contributed by atoms with Crippen molar-refractivity contribution < 1.29 is 9.47 Å². The fourth-order valence-corrected chi connectivity index (χ4v) is 2.04. The van der Waals surface area contributed by atoms with Crippen molar-refractivity contribution in [1.82, 2.24) is 9.97 Å². The SMILES string of the molecule is CCOc1cc(C)nc(NCC2CCCOC2)n1. The Hall–Kier alpha value is -1.36. The van der Waals surface area contributed by atoms with Gasteiger partial charge in [-0.1, -0.05) is 0 Å². The maximum atomic E-state index is 5.45. The number of hydrogen-bond acceptors (Lipinski definition) is 5. The summed E-state index contributed by atoms with van der Waals surface area (Å²) in [6.45, 7) is 7.09. The van der Waals surface area contributed by atoms with E-state index in [0.29, 0.717) is 24.4 Å². The third-order valence-corrected chi connectivity index (χ3v) is 2.93. The van der Waals surface area contributed by atoms with Crippen LogP contribution in [0.3, 0.4) is 0 Å². The number of ether oxygens (including phenoxy) is 2. The first-order valence-electron chi connectivity index (χ1n) is 6.58. The molecule has 100 valence electrons. The zero-order valence-corrected chi connectivity index (χ0v) is 11.1. The number of aromatic nitrogens is 2. The Morgan fingerprint density at radius 3 is 3.11 bits per heavy atom. The standard InChI is InChI=1S/C13H21N3O2/c1-3-18-12-7-10(2)15-13(16-12)14-8-11-5-4-6-17-9-11/h7,11H,3-6,8-9H2,1-2H3,(H,14,15,16). The number of anilines is 1. The van der Waals surface area contributed by atoms with Gasteiger partial charge in [-0.15, -0.1) is 0 Å². The lowest BCUT2D eigenvalue weighted by Crippen LogP contribution is -2.25. The Morgan fingerprint density at radius 1 is 1.50 bits per heavy atom. The van der Waals surface area contributed by atoms with Crippen molar-refractivity contribution in [2.75, 3.05) is 31.7 Å². The largest absolute Gasteiger partial charge is 0.478 e. The highest BCUT2D eigenvalue weighted by Crippen LogP contribution is 2.16. The Kier molecular flexibility index (Phi) is 4.75. The van der Waals surface area contributed by atoms with Crippen LogP contribution in [0.5, 0.6) is 5.88 Å². The predicted molar refractivity (Wildman–Crippen MR) is 70.0 cm³/mol. The molecule has 1 aliphatic heterocycles. The molecule has 1 aromatic rings. The van der Waals surface area contributed by atoms with Gasteiger partial charge in [0.2, 0.25) is 11.8 Å². The molecule has 5 nitrogen and oxygen atoms in total. The van der Waals surface area contributed by atoms with Crippen LogP contribution < -0.4 is 10.1 Å². The molecule has 2 heterocycles. The quantitative estimate of drug-likeness (QED) is 0.867. The highest BCUT2D eigenvalue weighted by Gasteiger charge is 2.14. The van der Waals surface area contributed by atoms with E-state index in [-0.39, 0.29) is 0 Å². The third kappa shape index (κ3) is 3.84. The Balaban J connectivity index is 1.91. The Morgan fingerprint density at radius 2 is 2.39 bits per heavy atom. The molecule has 1 fully saturated rings. The average molecular weight is 251 g/mol. The van der Waals surface area contributed by atoms with Crippen LogP contribution in [0.15, 0.2) is 6.07 Å².